The van der Waals surface area contributed by atoms with Gasteiger partial charge in [0.2, 0.25) is 11.8 Å². The van der Waals surface area contributed by atoms with Crippen LogP contribution in [0.1, 0.15) is 91.2 Å². The van der Waals surface area contributed by atoms with Gasteiger partial charge in [-0.1, -0.05) is 70.4 Å². The second-order valence-electron chi connectivity index (χ2n) is 14.8. The number of anilines is 1. The number of allylic oxidation sites excluding steroid dienone is 2. The summed E-state index contributed by atoms with van der Waals surface area (Å²) in [5.74, 6) is -1.04. The van der Waals surface area contributed by atoms with Crippen LogP contribution in [0.5, 0.6) is 0 Å². The molecular weight excluding hydrogens is 903 g/mol. The lowest BCUT2D eigenvalue weighted by Crippen LogP contribution is -2.46. The van der Waals surface area contributed by atoms with Crippen molar-refractivity contribution in [3.8, 4) is 0 Å². The highest BCUT2D eigenvalue weighted by Gasteiger charge is 2.50. The molecule has 0 radical (unpaired) electrons. The minimum absolute atomic E-state index is 0.0325. The Morgan fingerprint density at radius 1 is 0.968 bits per heavy atom. The molecule has 3 heterocycles. The van der Waals surface area contributed by atoms with Crippen molar-refractivity contribution in [3.63, 3.8) is 0 Å². The zero-order valence-electron chi connectivity index (χ0n) is 34.6. The summed E-state index contributed by atoms with van der Waals surface area (Å²) in [4.78, 5) is 88.1. The number of carbonyl (C=O) groups is 3. The maximum absolute atomic E-state index is 12.7. The summed E-state index contributed by atoms with van der Waals surface area (Å²) in [5, 5.41) is 26.6. The third-order valence-electron chi connectivity index (χ3n) is 9.17. The molecule has 3 rings (SSSR count). The number of nitrogens with zero attached hydrogens (tertiary/aromatic N) is 4. The molecule has 0 saturated carbocycles. The van der Waals surface area contributed by atoms with Gasteiger partial charge in [-0.05, 0) is 25.7 Å². The van der Waals surface area contributed by atoms with Crippen molar-refractivity contribution >= 4 is 69.1 Å². The lowest BCUT2D eigenvalue weighted by molar-refractivity contribution is -0.137. The van der Waals surface area contributed by atoms with Crippen molar-refractivity contribution in [2.75, 3.05) is 37.8 Å². The topological polar surface area (TPSA) is 364 Å². The molecule has 1 aliphatic rings. The van der Waals surface area contributed by atoms with Crippen molar-refractivity contribution in [2.45, 2.75) is 116 Å². The maximum Gasteiger partial charge on any atom is 0.481 e. The molecule has 1 fully saturated rings. The van der Waals surface area contributed by atoms with Crippen LogP contribution in [0, 0.1) is 5.41 Å². The van der Waals surface area contributed by atoms with Crippen molar-refractivity contribution < 1.29 is 80.5 Å². The molecule has 7 atom stereocenters. The van der Waals surface area contributed by atoms with Gasteiger partial charge in [0.15, 0.2) is 22.8 Å². The van der Waals surface area contributed by atoms with Crippen LogP contribution in [0.2, 0.25) is 0 Å². The first-order valence-corrected chi connectivity index (χ1v) is 25.3. The van der Waals surface area contributed by atoms with Gasteiger partial charge in [-0.25, -0.2) is 28.6 Å². The van der Waals surface area contributed by atoms with E-state index in [2.05, 4.69) is 53.5 Å². The van der Waals surface area contributed by atoms with Gasteiger partial charge in [0.25, 0.3) is 0 Å². The van der Waals surface area contributed by atoms with Crippen LogP contribution in [-0.4, -0.2) is 123 Å². The van der Waals surface area contributed by atoms with E-state index in [0.29, 0.717) is 12.2 Å². The number of fused-ring (bicyclic) bond motifs is 1. The van der Waals surface area contributed by atoms with Crippen LogP contribution >= 0.6 is 35.2 Å². The van der Waals surface area contributed by atoms with Gasteiger partial charge in [0, 0.05) is 37.1 Å². The number of ether oxygens (including phenoxy) is 1. The number of phosphoric acid groups is 3. The molecule has 0 spiro atoms. The molecular formula is C34H58N7O17P3S. The zero-order valence-corrected chi connectivity index (χ0v) is 38.1. The number of nitrogens with one attached hydrogen (secondary N) is 2. The molecule has 352 valence electrons. The first kappa shape index (κ1) is 53.6. The van der Waals surface area contributed by atoms with Gasteiger partial charge < -0.3 is 50.9 Å². The molecule has 0 bridgehead atoms. The van der Waals surface area contributed by atoms with Crippen LogP contribution in [0.15, 0.2) is 24.8 Å². The molecule has 10 N–H and O–H groups in total. The van der Waals surface area contributed by atoms with E-state index in [9.17, 15) is 57.9 Å². The number of aliphatic hydroxyl groups excluding tert-OH is 2. The summed E-state index contributed by atoms with van der Waals surface area (Å²) < 4.78 is 62.3. The molecule has 0 aromatic carbocycles. The second kappa shape index (κ2) is 25.1. The first-order chi connectivity index (χ1) is 29.1. The lowest BCUT2D eigenvalue weighted by Gasteiger charge is -2.30. The number of thioether (sulfide) groups is 1. The number of rotatable bonds is 29. The van der Waals surface area contributed by atoms with Crippen LogP contribution in [0.3, 0.4) is 0 Å². The van der Waals surface area contributed by atoms with E-state index in [4.69, 9.17) is 19.5 Å². The SMILES string of the molecule is CC/C=C/CCCCCCCCC(=O)SCCNC(=O)CCNC(=O)C(O)C(C)(C)COP(=O)(O)OP(=O)(O)OCC1OC(n2cnc3c(N)ncnc32)C(O)C1OP(=O)(O)O. The van der Waals surface area contributed by atoms with Crippen LogP contribution < -0.4 is 16.4 Å². The number of carbonyl (C=O) groups excluding carboxylic acids is 3. The largest absolute Gasteiger partial charge is 0.481 e. The number of nitrogens with two attached hydrogens (primary N) is 1. The average molecular weight is 962 g/mol. The number of hydrogen-bond donors (Lipinski definition) is 9. The van der Waals surface area contributed by atoms with Gasteiger partial charge in [-0.15, -0.1) is 0 Å². The number of imidazole rings is 1. The number of amides is 2. The van der Waals surface area contributed by atoms with Gasteiger partial charge in [-0.2, -0.15) is 4.31 Å². The fourth-order valence-corrected chi connectivity index (χ4v) is 9.44. The third-order valence-corrected chi connectivity index (χ3v) is 13.2. The lowest BCUT2D eigenvalue weighted by atomic mass is 9.87. The molecule has 62 heavy (non-hydrogen) atoms. The normalized spacial score (nSPS) is 20.9. The molecule has 2 amide bonds. The van der Waals surface area contributed by atoms with E-state index < -0.39 is 84.6 Å². The minimum Gasteiger partial charge on any atom is -0.386 e. The second-order valence-corrected chi connectivity index (χ2v) is 20.2. The Kier molecular flexibility index (Phi) is 21.7. The summed E-state index contributed by atoms with van der Waals surface area (Å²) in [5.41, 5.74) is 4.28. The van der Waals surface area contributed by atoms with Crippen LogP contribution in [0.25, 0.3) is 11.2 Å². The van der Waals surface area contributed by atoms with Gasteiger partial charge in [0.1, 0.15) is 36.3 Å². The number of aliphatic hydroxyl groups is 2. The summed E-state index contributed by atoms with van der Waals surface area (Å²) in [7, 11) is -16.4. The minimum atomic E-state index is -5.57. The third kappa shape index (κ3) is 18.4. The van der Waals surface area contributed by atoms with E-state index in [0.717, 1.165) is 67.5 Å². The van der Waals surface area contributed by atoms with E-state index >= 15 is 0 Å². The zero-order chi connectivity index (χ0) is 46.1. The molecule has 24 nitrogen and oxygen atoms in total. The van der Waals surface area contributed by atoms with Gasteiger partial charge in [-0.3, -0.25) is 32.5 Å². The molecule has 2 aromatic heterocycles. The number of unbranched alkanes of at least 4 members (excludes halogenated alkanes) is 6. The van der Waals surface area contributed by atoms with Gasteiger partial charge >= 0.3 is 23.5 Å². The predicted molar refractivity (Wildman–Crippen MR) is 223 cm³/mol. The Hall–Kier alpha value is -2.70. The Labute approximate surface area is 362 Å². The van der Waals surface area contributed by atoms with Crippen molar-refractivity contribution in [3.05, 3.63) is 24.8 Å². The number of aromatic nitrogens is 4. The molecule has 2 aromatic rings. The number of phosphoric ester groups is 3. The highest BCUT2D eigenvalue weighted by atomic mass is 32.2. The van der Waals surface area contributed by atoms with Gasteiger partial charge in [0.05, 0.1) is 19.5 Å². The van der Waals surface area contributed by atoms with Crippen molar-refractivity contribution in [1.82, 2.24) is 30.2 Å². The summed E-state index contributed by atoms with van der Waals surface area (Å²) in [6.07, 6.45) is 6.56. The van der Waals surface area contributed by atoms with E-state index in [1.807, 2.05) is 0 Å². The Morgan fingerprint density at radius 2 is 1.65 bits per heavy atom. The van der Waals surface area contributed by atoms with Crippen molar-refractivity contribution in [1.29, 1.82) is 0 Å². The smallest absolute Gasteiger partial charge is 0.386 e. The van der Waals surface area contributed by atoms with E-state index in [1.165, 1.54) is 26.7 Å². The first-order valence-electron chi connectivity index (χ1n) is 19.8. The molecule has 7 unspecified atom stereocenters. The maximum atomic E-state index is 12.7. The fourth-order valence-electron chi connectivity index (χ4n) is 5.89. The summed E-state index contributed by atoms with van der Waals surface area (Å²) >= 11 is 1.14. The van der Waals surface area contributed by atoms with Crippen LogP contribution in [0.4, 0.5) is 5.82 Å². The molecule has 1 aliphatic heterocycles. The molecule has 28 heteroatoms. The number of nitrogen functional groups attached to an aromatic ring is 1. The summed E-state index contributed by atoms with van der Waals surface area (Å²) in [6, 6.07) is 0. The fraction of sp³-hybridized carbons (Fsp3) is 0.706. The Bertz CT molecular complexity index is 1950. The Balaban J connectivity index is 1.37. The van der Waals surface area contributed by atoms with E-state index in [-0.39, 0.29) is 41.6 Å². The van der Waals surface area contributed by atoms with Crippen molar-refractivity contribution in [2.24, 2.45) is 5.41 Å². The quantitative estimate of drug-likeness (QED) is 0.0321. The number of hydrogen-bond acceptors (Lipinski definition) is 18. The van der Waals surface area contributed by atoms with E-state index in [1.54, 1.807) is 0 Å². The molecule has 1 saturated heterocycles. The standard InChI is InChI=1S/C34H58N7O17P3S/c1-4-5-6-7-8-9-10-11-12-13-14-25(43)62-18-17-36-24(42)15-16-37-32(46)29(45)34(2,3)20-55-61(52,53)58-60(50,51)54-19-23-28(57-59(47,48)49)27(44)33(56-23)41-22-40-26-30(35)38-21-39-31(26)41/h5-6,21-23,27-29,33,44-45H,4,7-20H2,1-3H3,(H,36,42)(H,37,46)(H,50,51)(H,52,53)(H2,35,38,39)(H2,47,48,49)/b6-5+. The highest BCUT2D eigenvalue weighted by molar-refractivity contribution is 8.13. The molecule has 0 aliphatic carbocycles. The average Bonchev–Trinajstić information content (AvgIpc) is 3.75. The monoisotopic (exact) mass is 961 g/mol. The summed E-state index contributed by atoms with van der Waals surface area (Å²) in [6.45, 7) is 2.67. The highest BCUT2D eigenvalue weighted by Crippen LogP contribution is 2.61. The predicted octanol–water partition coefficient (Wildman–Crippen LogP) is 2.75. The Morgan fingerprint density at radius 3 is 2.34 bits per heavy atom. The van der Waals surface area contributed by atoms with Crippen LogP contribution in [-0.2, 0) is 50.7 Å².